The standard InChI is InChI=1S/C21H28N2O7/c1-21(2,3)30-19(27)12-15(24)9-10-17(25)22-13-18(26)23-16(20(28)29)11-14-7-5-4-6-8-14/h4-8,16H,9-13H2,1-3H3,(H,22,25)(H,23,26)(H,28,29). The predicted molar refractivity (Wildman–Crippen MR) is 107 cm³/mol. The van der Waals surface area contributed by atoms with E-state index in [4.69, 9.17) is 4.74 Å². The number of carbonyl (C=O) groups excluding carboxylic acids is 4. The van der Waals surface area contributed by atoms with Crippen molar-refractivity contribution < 1.29 is 33.8 Å². The van der Waals surface area contributed by atoms with Gasteiger partial charge in [-0.05, 0) is 26.3 Å². The molecule has 0 aliphatic heterocycles. The van der Waals surface area contributed by atoms with E-state index in [1.54, 1.807) is 51.1 Å². The van der Waals surface area contributed by atoms with Crippen LogP contribution in [0.5, 0.6) is 0 Å². The Morgan fingerprint density at radius 3 is 2.20 bits per heavy atom. The Hall–Kier alpha value is -3.23. The molecular formula is C21H28N2O7. The molecular weight excluding hydrogens is 392 g/mol. The van der Waals surface area contributed by atoms with Crippen LogP contribution in [0.1, 0.15) is 45.6 Å². The van der Waals surface area contributed by atoms with Crippen molar-refractivity contribution >= 4 is 29.5 Å². The molecule has 0 radical (unpaired) electrons. The summed E-state index contributed by atoms with van der Waals surface area (Å²) in [5.74, 6) is -3.52. The van der Waals surface area contributed by atoms with Crippen LogP contribution in [-0.2, 0) is 35.1 Å². The van der Waals surface area contributed by atoms with Gasteiger partial charge in [0, 0.05) is 19.3 Å². The van der Waals surface area contributed by atoms with Gasteiger partial charge in [0.25, 0.3) is 0 Å². The van der Waals surface area contributed by atoms with Gasteiger partial charge in [-0.25, -0.2) is 4.79 Å². The lowest BCUT2D eigenvalue weighted by molar-refractivity contribution is -0.156. The van der Waals surface area contributed by atoms with Crippen LogP contribution < -0.4 is 10.6 Å². The number of carboxylic acids is 1. The zero-order valence-electron chi connectivity index (χ0n) is 17.4. The molecule has 9 nitrogen and oxygen atoms in total. The van der Waals surface area contributed by atoms with Crippen molar-refractivity contribution in [3.05, 3.63) is 35.9 Å². The molecule has 3 N–H and O–H groups in total. The molecule has 0 saturated carbocycles. The third-order valence-electron chi connectivity index (χ3n) is 3.75. The first-order valence-corrected chi connectivity index (χ1v) is 9.52. The van der Waals surface area contributed by atoms with E-state index in [1.165, 1.54) is 0 Å². The van der Waals surface area contributed by atoms with Gasteiger partial charge in [-0.1, -0.05) is 30.3 Å². The topological polar surface area (TPSA) is 139 Å². The molecule has 1 atom stereocenters. The fraction of sp³-hybridized carbons (Fsp3) is 0.476. The zero-order valence-corrected chi connectivity index (χ0v) is 17.4. The summed E-state index contributed by atoms with van der Waals surface area (Å²) in [6.07, 6.45) is -0.681. The van der Waals surface area contributed by atoms with Gasteiger partial charge >= 0.3 is 11.9 Å². The molecule has 164 valence electrons. The van der Waals surface area contributed by atoms with Crippen LogP contribution in [0.3, 0.4) is 0 Å². The van der Waals surface area contributed by atoms with Crippen LogP contribution >= 0.6 is 0 Å². The number of hydrogen-bond acceptors (Lipinski definition) is 6. The van der Waals surface area contributed by atoms with Crippen LogP contribution in [0.2, 0.25) is 0 Å². The van der Waals surface area contributed by atoms with Gasteiger partial charge in [-0.2, -0.15) is 0 Å². The van der Waals surface area contributed by atoms with Gasteiger partial charge in [-0.15, -0.1) is 0 Å². The number of ketones is 1. The normalized spacial score (nSPS) is 11.8. The number of benzene rings is 1. The third kappa shape index (κ3) is 10.9. The van der Waals surface area contributed by atoms with Crippen molar-refractivity contribution in [2.75, 3.05) is 6.54 Å². The molecule has 0 saturated heterocycles. The quantitative estimate of drug-likeness (QED) is 0.358. The number of aliphatic carboxylic acids is 1. The monoisotopic (exact) mass is 420 g/mol. The summed E-state index contributed by atoms with van der Waals surface area (Å²) in [5.41, 5.74) is 0.0499. The fourth-order valence-electron chi connectivity index (χ4n) is 2.44. The Labute approximate surface area is 175 Å². The van der Waals surface area contributed by atoms with E-state index in [2.05, 4.69) is 10.6 Å². The van der Waals surface area contributed by atoms with Gasteiger partial charge in [0.2, 0.25) is 11.8 Å². The van der Waals surface area contributed by atoms with Crippen molar-refractivity contribution in [1.29, 1.82) is 0 Å². The number of nitrogens with one attached hydrogen (secondary N) is 2. The highest BCUT2D eigenvalue weighted by atomic mass is 16.6. The maximum absolute atomic E-state index is 12.0. The molecule has 0 fully saturated rings. The number of amides is 2. The molecule has 0 spiro atoms. The molecule has 1 unspecified atom stereocenters. The van der Waals surface area contributed by atoms with E-state index in [-0.39, 0.29) is 19.3 Å². The van der Waals surface area contributed by atoms with E-state index >= 15 is 0 Å². The Kier molecular flexibility index (Phi) is 9.67. The highest BCUT2D eigenvalue weighted by Gasteiger charge is 2.21. The molecule has 0 bridgehead atoms. The largest absolute Gasteiger partial charge is 0.480 e. The summed E-state index contributed by atoms with van der Waals surface area (Å²) < 4.78 is 5.03. The molecule has 0 aliphatic rings. The van der Waals surface area contributed by atoms with Crippen molar-refractivity contribution in [2.45, 2.75) is 58.1 Å². The first kappa shape index (κ1) is 24.8. The van der Waals surface area contributed by atoms with E-state index in [1.807, 2.05) is 0 Å². The molecule has 0 aliphatic carbocycles. The maximum atomic E-state index is 12.0. The number of carboxylic acid groups (broad SMARTS) is 1. The minimum absolute atomic E-state index is 0.106. The summed E-state index contributed by atoms with van der Waals surface area (Å²) in [6.45, 7) is 4.63. The molecule has 2 amide bonds. The van der Waals surface area contributed by atoms with Crippen molar-refractivity contribution in [3.8, 4) is 0 Å². The average Bonchev–Trinajstić information content (AvgIpc) is 2.63. The Bertz CT molecular complexity index is 769. The lowest BCUT2D eigenvalue weighted by Crippen LogP contribution is -2.46. The second kappa shape index (κ2) is 11.7. The van der Waals surface area contributed by atoms with Gasteiger partial charge in [0.05, 0.1) is 6.54 Å². The Morgan fingerprint density at radius 2 is 1.63 bits per heavy atom. The summed E-state index contributed by atoms with van der Waals surface area (Å²) >= 11 is 0. The van der Waals surface area contributed by atoms with Crippen molar-refractivity contribution in [2.24, 2.45) is 0 Å². The van der Waals surface area contributed by atoms with E-state index in [9.17, 15) is 29.1 Å². The predicted octanol–water partition coefficient (Wildman–Crippen LogP) is 0.996. The van der Waals surface area contributed by atoms with Crippen LogP contribution in [0.15, 0.2) is 30.3 Å². The van der Waals surface area contributed by atoms with Crippen LogP contribution in [-0.4, -0.2) is 52.8 Å². The molecule has 0 aromatic heterocycles. The second-order valence-electron chi connectivity index (χ2n) is 7.73. The SMILES string of the molecule is CC(C)(C)OC(=O)CC(=O)CCC(=O)NCC(=O)NC(Cc1ccccc1)C(=O)O. The minimum Gasteiger partial charge on any atom is -0.480 e. The Balaban J connectivity index is 2.35. The number of esters is 1. The van der Waals surface area contributed by atoms with Crippen LogP contribution in [0, 0.1) is 0 Å². The second-order valence-corrected chi connectivity index (χ2v) is 7.73. The van der Waals surface area contributed by atoms with Gasteiger partial charge in [0.15, 0.2) is 0 Å². The number of ether oxygens (including phenoxy) is 1. The molecule has 1 aromatic carbocycles. The smallest absolute Gasteiger partial charge is 0.326 e. The Morgan fingerprint density at radius 1 is 1.00 bits per heavy atom. The van der Waals surface area contributed by atoms with Crippen molar-refractivity contribution in [1.82, 2.24) is 10.6 Å². The van der Waals surface area contributed by atoms with Crippen LogP contribution in [0.25, 0.3) is 0 Å². The molecule has 1 rings (SSSR count). The molecule has 9 heteroatoms. The highest BCUT2D eigenvalue weighted by molar-refractivity contribution is 5.97. The molecule has 30 heavy (non-hydrogen) atoms. The average molecular weight is 420 g/mol. The molecule has 0 heterocycles. The number of hydrogen-bond donors (Lipinski definition) is 3. The first-order valence-electron chi connectivity index (χ1n) is 9.52. The van der Waals surface area contributed by atoms with Gasteiger partial charge in [-0.3, -0.25) is 19.2 Å². The number of rotatable bonds is 11. The fourth-order valence-corrected chi connectivity index (χ4v) is 2.44. The van der Waals surface area contributed by atoms with E-state index in [0.29, 0.717) is 0 Å². The lowest BCUT2D eigenvalue weighted by atomic mass is 10.1. The lowest BCUT2D eigenvalue weighted by Gasteiger charge is -2.19. The van der Waals surface area contributed by atoms with E-state index in [0.717, 1.165) is 5.56 Å². The summed E-state index contributed by atoms with van der Waals surface area (Å²) in [5, 5.41) is 13.9. The highest BCUT2D eigenvalue weighted by Crippen LogP contribution is 2.09. The van der Waals surface area contributed by atoms with Crippen molar-refractivity contribution in [3.63, 3.8) is 0 Å². The first-order chi connectivity index (χ1) is 14.0. The summed E-state index contributed by atoms with van der Waals surface area (Å²) in [4.78, 5) is 58.4. The zero-order chi connectivity index (χ0) is 22.7. The van der Waals surface area contributed by atoms with Crippen LogP contribution in [0.4, 0.5) is 0 Å². The maximum Gasteiger partial charge on any atom is 0.326 e. The minimum atomic E-state index is -1.19. The third-order valence-corrected chi connectivity index (χ3v) is 3.75. The number of carbonyl (C=O) groups is 5. The summed E-state index contributed by atoms with van der Waals surface area (Å²) in [7, 11) is 0. The molecule has 1 aromatic rings. The number of Topliss-reactive ketones (excluding diaryl/α,β-unsaturated/α-hetero) is 1. The van der Waals surface area contributed by atoms with E-state index < -0.39 is 54.1 Å². The summed E-state index contributed by atoms with van der Waals surface area (Å²) in [6, 6.07) is 7.69. The van der Waals surface area contributed by atoms with Gasteiger partial charge in [0.1, 0.15) is 23.8 Å². The van der Waals surface area contributed by atoms with Gasteiger partial charge < -0.3 is 20.5 Å².